The van der Waals surface area contributed by atoms with Gasteiger partial charge in [0.1, 0.15) is 5.41 Å². The van der Waals surface area contributed by atoms with Gasteiger partial charge in [-0.15, -0.1) is 0 Å². The highest BCUT2D eigenvalue weighted by Crippen LogP contribution is 2.20. The number of hydrogen-bond acceptors (Lipinski definition) is 3. The second-order valence-corrected chi connectivity index (χ2v) is 4.10. The van der Waals surface area contributed by atoms with Crippen LogP contribution < -0.4 is 11.1 Å². The number of para-hydroxylation sites is 1. The number of nitriles is 1. The molecule has 1 rings (SSSR count). The molecule has 3 N–H and O–H groups in total. The van der Waals surface area contributed by atoms with Crippen LogP contribution in [0.1, 0.15) is 24.2 Å². The van der Waals surface area contributed by atoms with E-state index in [0.717, 1.165) is 0 Å². The molecule has 0 atom stereocenters. The Bertz CT molecular complexity index is 501. The predicted octanol–water partition coefficient (Wildman–Crippen LogP) is 1.27. The van der Waals surface area contributed by atoms with Crippen molar-refractivity contribution in [1.29, 1.82) is 5.26 Å². The normalized spacial score (nSPS) is 10.4. The minimum atomic E-state index is -1.16. The van der Waals surface area contributed by atoms with E-state index >= 15 is 0 Å². The fourth-order valence-corrected chi connectivity index (χ4v) is 1.14. The van der Waals surface area contributed by atoms with E-state index in [4.69, 9.17) is 11.0 Å². The SMILES string of the molecule is CC(C)(C#N)C(=O)Nc1ccccc1C(N)=O. The van der Waals surface area contributed by atoms with Crippen LogP contribution in [0.15, 0.2) is 24.3 Å². The Morgan fingerprint density at radius 1 is 1.35 bits per heavy atom. The first-order valence-corrected chi connectivity index (χ1v) is 5.00. The summed E-state index contributed by atoms with van der Waals surface area (Å²) >= 11 is 0. The summed E-state index contributed by atoms with van der Waals surface area (Å²) in [5.41, 5.74) is 4.55. The summed E-state index contributed by atoms with van der Waals surface area (Å²) in [6, 6.07) is 8.27. The molecule has 1 aromatic rings. The highest BCUT2D eigenvalue weighted by atomic mass is 16.2. The van der Waals surface area contributed by atoms with E-state index in [1.54, 1.807) is 18.2 Å². The minimum absolute atomic E-state index is 0.217. The summed E-state index contributed by atoms with van der Waals surface area (Å²) in [4.78, 5) is 22.9. The van der Waals surface area contributed by atoms with Crippen LogP contribution in [0.2, 0.25) is 0 Å². The zero-order chi connectivity index (χ0) is 13.1. The zero-order valence-corrected chi connectivity index (χ0v) is 9.65. The maximum absolute atomic E-state index is 11.8. The van der Waals surface area contributed by atoms with Crippen LogP contribution in [0.5, 0.6) is 0 Å². The average molecular weight is 231 g/mol. The van der Waals surface area contributed by atoms with Gasteiger partial charge in [-0.25, -0.2) is 0 Å². The van der Waals surface area contributed by atoms with Crippen molar-refractivity contribution in [2.45, 2.75) is 13.8 Å². The highest BCUT2D eigenvalue weighted by Gasteiger charge is 2.27. The van der Waals surface area contributed by atoms with Crippen LogP contribution in [0.4, 0.5) is 5.69 Å². The van der Waals surface area contributed by atoms with E-state index < -0.39 is 17.2 Å². The van der Waals surface area contributed by atoms with Crippen molar-refractivity contribution in [1.82, 2.24) is 0 Å². The zero-order valence-electron chi connectivity index (χ0n) is 9.65. The third kappa shape index (κ3) is 2.82. The van der Waals surface area contributed by atoms with Crippen molar-refractivity contribution < 1.29 is 9.59 Å². The molecule has 1 aromatic carbocycles. The Hall–Kier alpha value is -2.35. The van der Waals surface area contributed by atoms with Gasteiger partial charge >= 0.3 is 0 Å². The molecule has 0 spiro atoms. The van der Waals surface area contributed by atoms with Crippen molar-refractivity contribution in [2.75, 3.05) is 5.32 Å². The second-order valence-electron chi connectivity index (χ2n) is 4.10. The summed E-state index contributed by atoms with van der Waals surface area (Å²) in [6.45, 7) is 2.99. The molecule has 0 aliphatic carbocycles. The number of primary amides is 1. The van der Waals surface area contributed by atoms with Gasteiger partial charge in [0, 0.05) is 0 Å². The molecule has 0 aliphatic heterocycles. The number of hydrogen-bond donors (Lipinski definition) is 2. The molecular formula is C12H13N3O2. The molecule has 5 nitrogen and oxygen atoms in total. The summed E-state index contributed by atoms with van der Waals surface area (Å²) < 4.78 is 0. The smallest absolute Gasteiger partial charge is 0.250 e. The van der Waals surface area contributed by atoms with E-state index in [1.165, 1.54) is 19.9 Å². The lowest BCUT2D eigenvalue weighted by Gasteiger charge is -2.16. The van der Waals surface area contributed by atoms with Crippen LogP contribution in [-0.2, 0) is 4.79 Å². The maximum atomic E-state index is 11.8. The molecule has 0 radical (unpaired) electrons. The van der Waals surface area contributed by atoms with Gasteiger partial charge in [-0.3, -0.25) is 9.59 Å². The van der Waals surface area contributed by atoms with Gasteiger partial charge in [-0.1, -0.05) is 12.1 Å². The number of benzene rings is 1. The van der Waals surface area contributed by atoms with Gasteiger partial charge in [-0.05, 0) is 26.0 Å². The number of nitrogens with zero attached hydrogens (tertiary/aromatic N) is 1. The van der Waals surface area contributed by atoms with Gasteiger partial charge in [-0.2, -0.15) is 5.26 Å². The summed E-state index contributed by atoms with van der Waals surface area (Å²) in [5.74, 6) is -1.11. The second kappa shape index (κ2) is 4.66. The van der Waals surface area contributed by atoms with Gasteiger partial charge in [0.2, 0.25) is 5.91 Å². The minimum Gasteiger partial charge on any atom is -0.366 e. The molecule has 0 heterocycles. The van der Waals surface area contributed by atoms with Crippen molar-refractivity contribution in [3.05, 3.63) is 29.8 Å². The van der Waals surface area contributed by atoms with Crippen LogP contribution in [0.3, 0.4) is 0 Å². The lowest BCUT2D eigenvalue weighted by molar-refractivity contribution is -0.121. The van der Waals surface area contributed by atoms with Crippen LogP contribution in [0.25, 0.3) is 0 Å². The Morgan fingerprint density at radius 2 is 1.94 bits per heavy atom. The largest absolute Gasteiger partial charge is 0.366 e. The first kappa shape index (κ1) is 12.7. The standard InChI is InChI=1S/C12H13N3O2/c1-12(2,7-13)11(17)15-9-6-4-3-5-8(9)10(14)16/h3-6H,1-2H3,(H2,14,16)(H,15,17). The lowest BCUT2D eigenvalue weighted by atomic mass is 9.94. The van der Waals surface area contributed by atoms with Crippen LogP contribution in [-0.4, -0.2) is 11.8 Å². The number of rotatable bonds is 3. The average Bonchev–Trinajstić information content (AvgIpc) is 2.29. The number of carbonyl (C=O) groups excluding carboxylic acids is 2. The highest BCUT2D eigenvalue weighted by molar-refractivity contribution is 6.04. The molecule has 0 saturated carbocycles. The molecule has 0 unspecified atom stereocenters. The number of amides is 2. The fourth-order valence-electron chi connectivity index (χ4n) is 1.14. The lowest BCUT2D eigenvalue weighted by Crippen LogP contribution is -2.30. The van der Waals surface area contributed by atoms with Gasteiger partial charge in [0.25, 0.3) is 5.91 Å². The Kier molecular flexibility index (Phi) is 3.49. The molecule has 0 fully saturated rings. The maximum Gasteiger partial charge on any atom is 0.250 e. The van der Waals surface area contributed by atoms with Gasteiger partial charge in [0.05, 0.1) is 17.3 Å². The van der Waals surface area contributed by atoms with Crippen molar-refractivity contribution >= 4 is 17.5 Å². The summed E-state index contributed by atoms with van der Waals surface area (Å²) in [6.07, 6.45) is 0. The molecule has 2 amide bonds. The van der Waals surface area contributed by atoms with E-state index in [9.17, 15) is 9.59 Å². The number of carbonyl (C=O) groups is 2. The molecule has 5 heteroatoms. The van der Waals surface area contributed by atoms with Crippen LogP contribution in [0, 0.1) is 16.7 Å². The molecule has 0 bridgehead atoms. The van der Waals surface area contributed by atoms with E-state index in [2.05, 4.69) is 5.32 Å². The van der Waals surface area contributed by atoms with Crippen molar-refractivity contribution in [2.24, 2.45) is 11.1 Å². The third-order valence-corrected chi connectivity index (χ3v) is 2.29. The quantitative estimate of drug-likeness (QED) is 0.819. The molecule has 0 aromatic heterocycles. The van der Waals surface area contributed by atoms with Gasteiger partial charge < -0.3 is 11.1 Å². The molecule has 0 aliphatic rings. The number of nitrogens with two attached hydrogens (primary N) is 1. The fraction of sp³-hybridized carbons (Fsp3) is 0.250. The predicted molar refractivity (Wildman–Crippen MR) is 63.0 cm³/mol. The first-order valence-electron chi connectivity index (χ1n) is 5.00. The van der Waals surface area contributed by atoms with Crippen molar-refractivity contribution in [3.8, 4) is 6.07 Å². The first-order chi connectivity index (χ1) is 7.88. The molecule has 17 heavy (non-hydrogen) atoms. The summed E-state index contributed by atoms with van der Waals surface area (Å²) in [5, 5.41) is 11.3. The molecule has 0 saturated heterocycles. The third-order valence-electron chi connectivity index (χ3n) is 2.29. The van der Waals surface area contributed by atoms with Gasteiger partial charge in [0.15, 0.2) is 0 Å². The number of nitrogens with one attached hydrogen (secondary N) is 1. The monoisotopic (exact) mass is 231 g/mol. The Morgan fingerprint density at radius 3 is 2.47 bits per heavy atom. The van der Waals surface area contributed by atoms with Crippen LogP contribution >= 0.6 is 0 Å². The summed E-state index contributed by atoms with van der Waals surface area (Å²) in [7, 11) is 0. The molecular weight excluding hydrogens is 218 g/mol. The topological polar surface area (TPSA) is 96.0 Å². The van der Waals surface area contributed by atoms with E-state index in [1.807, 2.05) is 6.07 Å². The van der Waals surface area contributed by atoms with E-state index in [-0.39, 0.29) is 5.56 Å². The van der Waals surface area contributed by atoms with Crippen molar-refractivity contribution in [3.63, 3.8) is 0 Å². The number of anilines is 1. The Labute approximate surface area is 99.2 Å². The molecule has 88 valence electrons. The van der Waals surface area contributed by atoms with E-state index in [0.29, 0.717) is 5.69 Å². The Balaban J connectivity index is 3.02.